The van der Waals surface area contributed by atoms with E-state index >= 15 is 0 Å². The highest BCUT2D eigenvalue weighted by atomic mass is 16.4. The Morgan fingerprint density at radius 2 is 2.20 bits per heavy atom. The second kappa shape index (κ2) is 6.05. The summed E-state index contributed by atoms with van der Waals surface area (Å²) in [5.41, 5.74) is 1.99. The number of fused-ring (bicyclic) bond motifs is 1. The van der Waals surface area contributed by atoms with Crippen LogP contribution in [0.25, 0.3) is 0 Å². The van der Waals surface area contributed by atoms with Gasteiger partial charge in [-0.3, -0.25) is 4.79 Å². The van der Waals surface area contributed by atoms with Crippen LogP contribution in [-0.4, -0.2) is 36.1 Å². The molecular formula is C15H20N2O3. The van der Waals surface area contributed by atoms with E-state index in [1.807, 2.05) is 6.92 Å². The molecule has 0 saturated carbocycles. The molecule has 5 heteroatoms. The van der Waals surface area contributed by atoms with E-state index in [1.54, 1.807) is 23.1 Å². The van der Waals surface area contributed by atoms with Gasteiger partial charge in [0.2, 0.25) is 5.91 Å². The molecule has 1 atom stereocenters. The van der Waals surface area contributed by atoms with Crippen molar-refractivity contribution >= 4 is 17.6 Å². The molecule has 1 amide bonds. The van der Waals surface area contributed by atoms with Gasteiger partial charge in [0, 0.05) is 18.3 Å². The Labute approximate surface area is 118 Å². The van der Waals surface area contributed by atoms with Crippen LogP contribution in [0.4, 0.5) is 5.69 Å². The summed E-state index contributed by atoms with van der Waals surface area (Å²) >= 11 is 0. The zero-order chi connectivity index (χ0) is 14.7. The first-order valence-electron chi connectivity index (χ1n) is 6.93. The fraction of sp³-hybridized carbons (Fsp3) is 0.467. The number of amides is 1. The van der Waals surface area contributed by atoms with Crippen molar-refractivity contribution in [2.75, 3.05) is 18.0 Å². The van der Waals surface area contributed by atoms with Gasteiger partial charge in [0.15, 0.2) is 0 Å². The first-order chi connectivity index (χ1) is 9.52. The smallest absolute Gasteiger partial charge is 0.335 e. The summed E-state index contributed by atoms with van der Waals surface area (Å²) in [4.78, 5) is 24.9. The van der Waals surface area contributed by atoms with Crippen LogP contribution in [0.15, 0.2) is 18.2 Å². The predicted octanol–water partition coefficient (Wildman–Crippen LogP) is 1.66. The first-order valence-corrected chi connectivity index (χ1v) is 6.93. The van der Waals surface area contributed by atoms with E-state index in [0.717, 1.165) is 24.1 Å². The highest BCUT2D eigenvalue weighted by molar-refractivity contribution is 5.98. The number of carbonyl (C=O) groups is 2. The van der Waals surface area contributed by atoms with Crippen LogP contribution in [0.2, 0.25) is 0 Å². The van der Waals surface area contributed by atoms with Crippen molar-refractivity contribution in [2.24, 2.45) is 0 Å². The summed E-state index contributed by atoms with van der Waals surface area (Å²) in [6.45, 7) is 5.01. The van der Waals surface area contributed by atoms with Crippen molar-refractivity contribution in [3.05, 3.63) is 29.3 Å². The van der Waals surface area contributed by atoms with Crippen LogP contribution >= 0.6 is 0 Å². The van der Waals surface area contributed by atoms with Crippen LogP contribution in [0, 0.1) is 0 Å². The predicted molar refractivity (Wildman–Crippen MR) is 77.2 cm³/mol. The molecule has 0 aromatic heterocycles. The third kappa shape index (κ3) is 2.99. The van der Waals surface area contributed by atoms with Crippen LogP contribution in [-0.2, 0) is 11.2 Å². The maximum atomic E-state index is 12.2. The highest BCUT2D eigenvalue weighted by Gasteiger charge is 2.25. The van der Waals surface area contributed by atoms with Gasteiger partial charge in [-0.15, -0.1) is 0 Å². The van der Waals surface area contributed by atoms with Crippen molar-refractivity contribution in [1.82, 2.24) is 5.32 Å². The number of anilines is 1. The minimum absolute atomic E-state index is 0.00779. The second-order valence-electron chi connectivity index (χ2n) is 5.13. The minimum Gasteiger partial charge on any atom is -0.478 e. The molecule has 1 aromatic rings. The van der Waals surface area contributed by atoms with E-state index in [0.29, 0.717) is 12.6 Å². The van der Waals surface area contributed by atoms with Gasteiger partial charge in [0.1, 0.15) is 0 Å². The number of carbonyl (C=O) groups excluding carboxylic acids is 1. The number of nitrogens with one attached hydrogen (secondary N) is 1. The number of aromatic carboxylic acids is 1. The molecule has 0 radical (unpaired) electrons. The molecule has 0 fully saturated rings. The lowest BCUT2D eigenvalue weighted by Gasteiger charge is -2.19. The molecular weight excluding hydrogens is 256 g/mol. The number of benzene rings is 1. The molecule has 1 aliphatic rings. The lowest BCUT2D eigenvalue weighted by atomic mass is 10.1. The molecule has 5 nitrogen and oxygen atoms in total. The summed E-state index contributed by atoms with van der Waals surface area (Å²) < 4.78 is 0. The van der Waals surface area contributed by atoms with Crippen molar-refractivity contribution < 1.29 is 14.7 Å². The normalized spacial score (nSPS) is 15.0. The van der Waals surface area contributed by atoms with Gasteiger partial charge in [0.05, 0.1) is 12.1 Å². The standard InChI is InChI=1S/C15H20N2O3/c1-3-10(2)16-9-14(18)17-7-6-11-4-5-12(15(19)20)8-13(11)17/h4-5,8,10,16H,3,6-7,9H2,1-2H3,(H,19,20). The van der Waals surface area contributed by atoms with Gasteiger partial charge in [0.25, 0.3) is 0 Å². The Bertz CT molecular complexity index is 528. The van der Waals surface area contributed by atoms with E-state index < -0.39 is 5.97 Å². The third-order valence-corrected chi connectivity index (χ3v) is 3.74. The van der Waals surface area contributed by atoms with Crippen LogP contribution in [0.1, 0.15) is 36.2 Å². The molecule has 0 saturated heterocycles. The Hall–Kier alpha value is -1.88. The summed E-state index contributed by atoms with van der Waals surface area (Å²) in [6, 6.07) is 5.28. The van der Waals surface area contributed by atoms with Gasteiger partial charge >= 0.3 is 5.97 Å². The average Bonchev–Trinajstić information content (AvgIpc) is 2.87. The summed E-state index contributed by atoms with van der Waals surface area (Å²) in [6.07, 6.45) is 1.75. The quantitative estimate of drug-likeness (QED) is 0.858. The lowest BCUT2D eigenvalue weighted by molar-refractivity contribution is -0.117. The van der Waals surface area contributed by atoms with Gasteiger partial charge < -0.3 is 15.3 Å². The van der Waals surface area contributed by atoms with E-state index in [9.17, 15) is 9.59 Å². The number of nitrogens with zero attached hydrogens (tertiary/aromatic N) is 1. The maximum Gasteiger partial charge on any atom is 0.335 e. The average molecular weight is 276 g/mol. The number of hydrogen-bond donors (Lipinski definition) is 2. The molecule has 1 heterocycles. The van der Waals surface area contributed by atoms with E-state index in [1.165, 1.54) is 0 Å². The highest BCUT2D eigenvalue weighted by Crippen LogP contribution is 2.29. The summed E-state index contributed by atoms with van der Waals surface area (Å²) in [5, 5.41) is 12.2. The summed E-state index contributed by atoms with van der Waals surface area (Å²) in [5.74, 6) is -0.976. The molecule has 0 aliphatic carbocycles. The minimum atomic E-state index is -0.968. The van der Waals surface area contributed by atoms with Crippen molar-refractivity contribution in [1.29, 1.82) is 0 Å². The Balaban J connectivity index is 2.12. The molecule has 1 unspecified atom stereocenters. The zero-order valence-corrected chi connectivity index (χ0v) is 11.8. The maximum absolute atomic E-state index is 12.2. The molecule has 108 valence electrons. The lowest BCUT2D eigenvalue weighted by Crippen LogP contribution is -2.40. The fourth-order valence-corrected chi connectivity index (χ4v) is 2.27. The van der Waals surface area contributed by atoms with Gasteiger partial charge in [-0.2, -0.15) is 0 Å². The van der Waals surface area contributed by atoms with E-state index in [4.69, 9.17) is 5.11 Å². The number of rotatable bonds is 5. The van der Waals surface area contributed by atoms with E-state index in [-0.39, 0.29) is 18.0 Å². The van der Waals surface area contributed by atoms with Crippen LogP contribution in [0.5, 0.6) is 0 Å². The van der Waals surface area contributed by atoms with Gasteiger partial charge in [-0.25, -0.2) is 4.79 Å². The molecule has 0 spiro atoms. The zero-order valence-electron chi connectivity index (χ0n) is 11.8. The number of carboxylic acids is 1. The molecule has 0 bridgehead atoms. The third-order valence-electron chi connectivity index (χ3n) is 3.74. The van der Waals surface area contributed by atoms with Crippen molar-refractivity contribution in [3.8, 4) is 0 Å². The topological polar surface area (TPSA) is 69.6 Å². The Morgan fingerprint density at radius 1 is 1.45 bits per heavy atom. The number of hydrogen-bond acceptors (Lipinski definition) is 3. The molecule has 1 aliphatic heterocycles. The Morgan fingerprint density at radius 3 is 2.85 bits per heavy atom. The van der Waals surface area contributed by atoms with Crippen molar-refractivity contribution in [2.45, 2.75) is 32.7 Å². The van der Waals surface area contributed by atoms with Gasteiger partial charge in [-0.1, -0.05) is 13.0 Å². The molecule has 20 heavy (non-hydrogen) atoms. The molecule has 2 rings (SSSR count). The van der Waals surface area contributed by atoms with Crippen LogP contribution in [0.3, 0.4) is 0 Å². The SMILES string of the molecule is CCC(C)NCC(=O)N1CCc2ccc(C(=O)O)cc21. The number of carboxylic acid groups (broad SMARTS) is 1. The van der Waals surface area contributed by atoms with E-state index in [2.05, 4.69) is 12.2 Å². The van der Waals surface area contributed by atoms with Crippen molar-refractivity contribution in [3.63, 3.8) is 0 Å². The first kappa shape index (κ1) is 14.5. The van der Waals surface area contributed by atoms with Crippen LogP contribution < -0.4 is 10.2 Å². The Kier molecular flexibility index (Phi) is 4.39. The monoisotopic (exact) mass is 276 g/mol. The van der Waals surface area contributed by atoms with Gasteiger partial charge in [-0.05, 0) is 37.5 Å². The summed E-state index contributed by atoms with van der Waals surface area (Å²) in [7, 11) is 0. The largest absolute Gasteiger partial charge is 0.478 e. The molecule has 1 aromatic carbocycles. The fourth-order valence-electron chi connectivity index (χ4n) is 2.27. The molecule has 2 N–H and O–H groups in total. The second-order valence-corrected chi connectivity index (χ2v) is 5.13.